The highest BCUT2D eigenvalue weighted by Crippen LogP contribution is 2.39. The van der Waals surface area contributed by atoms with Crippen LogP contribution in [0.1, 0.15) is 16.7 Å². The molecule has 3 rings (SSSR count). The van der Waals surface area contributed by atoms with Crippen LogP contribution in [0, 0.1) is 6.92 Å². The van der Waals surface area contributed by atoms with Crippen molar-refractivity contribution in [2.24, 2.45) is 10.8 Å². The smallest absolute Gasteiger partial charge is 0.207 e. The molecule has 0 aromatic heterocycles. The molecule has 1 atom stereocenters. The van der Waals surface area contributed by atoms with Crippen molar-refractivity contribution in [1.82, 2.24) is 5.01 Å². The van der Waals surface area contributed by atoms with E-state index in [2.05, 4.69) is 4.99 Å². The molecule has 1 heterocycles. The van der Waals surface area contributed by atoms with Gasteiger partial charge in [0.15, 0.2) is 0 Å². The third-order valence-corrected chi connectivity index (χ3v) is 3.40. The van der Waals surface area contributed by atoms with Gasteiger partial charge in [-0.2, -0.15) is 0 Å². The zero-order valence-corrected chi connectivity index (χ0v) is 10.6. The molecule has 0 saturated carbocycles. The highest BCUT2D eigenvalue weighted by Gasteiger charge is 2.40. The van der Waals surface area contributed by atoms with Crippen molar-refractivity contribution in [1.29, 1.82) is 0 Å². The molecule has 0 amide bonds. The monoisotopic (exact) mass is 253 g/mol. The van der Waals surface area contributed by atoms with Crippen LogP contribution in [-0.4, -0.2) is 16.5 Å². The molecule has 96 valence electrons. The lowest BCUT2D eigenvalue weighted by Crippen LogP contribution is -2.52. The van der Waals surface area contributed by atoms with Crippen molar-refractivity contribution in [3.8, 4) is 0 Å². The lowest BCUT2D eigenvalue weighted by molar-refractivity contribution is -0.0374. The Morgan fingerprint density at radius 2 is 1.89 bits per heavy atom. The van der Waals surface area contributed by atoms with Gasteiger partial charge in [0.05, 0.1) is 5.69 Å². The van der Waals surface area contributed by atoms with Crippen LogP contribution in [0.3, 0.4) is 0 Å². The van der Waals surface area contributed by atoms with Gasteiger partial charge in [0.1, 0.15) is 6.34 Å². The van der Waals surface area contributed by atoms with E-state index in [1.807, 2.05) is 55.5 Å². The number of aryl methyl sites for hydroxylation is 1. The second-order valence-electron chi connectivity index (χ2n) is 4.71. The Labute approximate surface area is 111 Å². The molecule has 2 aromatic carbocycles. The van der Waals surface area contributed by atoms with Crippen molar-refractivity contribution >= 4 is 12.0 Å². The van der Waals surface area contributed by atoms with Gasteiger partial charge in [0.2, 0.25) is 5.72 Å². The molecule has 4 nitrogen and oxygen atoms in total. The second kappa shape index (κ2) is 4.19. The SMILES string of the molecule is Cc1ccc2c(c1)C(O)(c1ccccc1)N(N)C=N2. The van der Waals surface area contributed by atoms with Gasteiger partial charge in [-0.3, -0.25) is 5.01 Å². The van der Waals surface area contributed by atoms with Crippen LogP contribution < -0.4 is 5.84 Å². The number of aliphatic imine (C=N–C) groups is 1. The summed E-state index contributed by atoms with van der Waals surface area (Å²) in [6.07, 6.45) is 1.45. The quantitative estimate of drug-likeness (QED) is 0.764. The minimum absolute atomic E-state index is 0.698. The van der Waals surface area contributed by atoms with E-state index in [9.17, 15) is 5.11 Å². The summed E-state index contributed by atoms with van der Waals surface area (Å²) in [5.41, 5.74) is 1.82. The minimum Gasteiger partial charge on any atom is -0.362 e. The Balaban J connectivity index is 2.26. The van der Waals surface area contributed by atoms with Gasteiger partial charge in [0.25, 0.3) is 0 Å². The number of nitrogens with two attached hydrogens (primary N) is 1. The highest BCUT2D eigenvalue weighted by atomic mass is 16.3. The first-order valence-corrected chi connectivity index (χ1v) is 6.09. The Morgan fingerprint density at radius 1 is 1.16 bits per heavy atom. The Morgan fingerprint density at radius 3 is 2.63 bits per heavy atom. The average Bonchev–Trinajstić information content (AvgIpc) is 2.44. The summed E-state index contributed by atoms with van der Waals surface area (Å²) in [6.45, 7) is 1.98. The van der Waals surface area contributed by atoms with E-state index in [0.29, 0.717) is 5.56 Å². The van der Waals surface area contributed by atoms with Gasteiger partial charge in [-0.05, 0) is 19.1 Å². The maximum Gasteiger partial charge on any atom is 0.207 e. The number of aliphatic hydroxyl groups is 1. The summed E-state index contributed by atoms with van der Waals surface area (Å²) >= 11 is 0. The molecule has 1 aliphatic heterocycles. The molecule has 4 heteroatoms. The van der Waals surface area contributed by atoms with Crippen molar-refractivity contribution in [2.75, 3.05) is 0 Å². The number of hydrazine groups is 1. The van der Waals surface area contributed by atoms with Gasteiger partial charge >= 0.3 is 0 Å². The molecular formula is C15H15N3O. The van der Waals surface area contributed by atoms with E-state index < -0.39 is 5.72 Å². The number of nitrogens with zero attached hydrogens (tertiary/aromatic N) is 2. The van der Waals surface area contributed by atoms with Crippen LogP contribution in [0.25, 0.3) is 0 Å². The Kier molecular flexibility index (Phi) is 2.62. The van der Waals surface area contributed by atoms with Gasteiger partial charge in [0, 0.05) is 11.1 Å². The van der Waals surface area contributed by atoms with Crippen molar-refractivity contribution < 1.29 is 5.11 Å². The highest BCUT2D eigenvalue weighted by molar-refractivity contribution is 5.71. The molecule has 0 fully saturated rings. The predicted octanol–water partition coefficient (Wildman–Crippen LogP) is 2.04. The molecule has 0 saturated heterocycles. The lowest BCUT2D eigenvalue weighted by atomic mass is 9.90. The molecule has 0 radical (unpaired) electrons. The molecule has 2 aromatic rings. The third-order valence-electron chi connectivity index (χ3n) is 3.40. The van der Waals surface area contributed by atoms with Crippen molar-refractivity contribution in [3.63, 3.8) is 0 Å². The van der Waals surface area contributed by atoms with E-state index in [1.54, 1.807) is 0 Å². The largest absolute Gasteiger partial charge is 0.362 e. The van der Waals surface area contributed by atoms with Gasteiger partial charge < -0.3 is 5.11 Å². The summed E-state index contributed by atoms with van der Waals surface area (Å²) in [6, 6.07) is 15.1. The summed E-state index contributed by atoms with van der Waals surface area (Å²) in [7, 11) is 0. The maximum absolute atomic E-state index is 11.1. The van der Waals surface area contributed by atoms with E-state index >= 15 is 0 Å². The van der Waals surface area contributed by atoms with Crippen molar-refractivity contribution in [3.05, 3.63) is 65.2 Å². The molecule has 1 unspecified atom stereocenters. The Bertz CT molecular complexity index is 639. The first-order chi connectivity index (χ1) is 9.12. The fraction of sp³-hybridized carbons (Fsp3) is 0.133. The molecule has 3 N–H and O–H groups in total. The van der Waals surface area contributed by atoms with Crippen molar-refractivity contribution in [2.45, 2.75) is 12.6 Å². The van der Waals surface area contributed by atoms with Crippen LogP contribution in [0.15, 0.2) is 53.5 Å². The van der Waals surface area contributed by atoms with E-state index in [1.165, 1.54) is 11.3 Å². The molecule has 0 bridgehead atoms. The van der Waals surface area contributed by atoms with Crippen LogP contribution in [0.4, 0.5) is 5.69 Å². The Hall–Kier alpha value is -2.17. The number of hydrogen-bond acceptors (Lipinski definition) is 4. The maximum atomic E-state index is 11.1. The summed E-state index contributed by atoms with van der Waals surface area (Å²) < 4.78 is 0. The lowest BCUT2D eigenvalue weighted by Gasteiger charge is -2.39. The zero-order chi connectivity index (χ0) is 13.5. The number of fused-ring (bicyclic) bond motifs is 1. The van der Waals surface area contributed by atoms with Gasteiger partial charge in [-0.25, -0.2) is 10.8 Å². The topological polar surface area (TPSA) is 61.8 Å². The van der Waals surface area contributed by atoms with E-state index in [-0.39, 0.29) is 0 Å². The van der Waals surface area contributed by atoms with Gasteiger partial charge in [-0.1, -0.05) is 42.0 Å². The number of hydrogen-bond donors (Lipinski definition) is 2. The number of rotatable bonds is 1. The first kappa shape index (κ1) is 11.9. The molecule has 1 aliphatic rings. The second-order valence-corrected chi connectivity index (χ2v) is 4.71. The van der Waals surface area contributed by atoms with Crippen LogP contribution in [0.2, 0.25) is 0 Å². The van der Waals surface area contributed by atoms with Crippen LogP contribution in [0.5, 0.6) is 0 Å². The van der Waals surface area contributed by atoms with E-state index in [4.69, 9.17) is 5.84 Å². The van der Waals surface area contributed by atoms with Gasteiger partial charge in [-0.15, -0.1) is 0 Å². The predicted molar refractivity (Wildman–Crippen MR) is 74.8 cm³/mol. The summed E-state index contributed by atoms with van der Waals surface area (Å²) in [5, 5.41) is 12.3. The standard InChI is InChI=1S/C15H15N3O/c1-11-7-8-14-13(9-11)15(19,18(16)10-17-14)12-5-3-2-4-6-12/h2-10,19H,16H2,1H3. The zero-order valence-electron chi connectivity index (χ0n) is 10.6. The molecular weight excluding hydrogens is 238 g/mol. The fourth-order valence-corrected chi connectivity index (χ4v) is 2.36. The molecule has 19 heavy (non-hydrogen) atoms. The van der Waals surface area contributed by atoms with E-state index in [0.717, 1.165) is 16.8 Å². The third kappa shape index (κ3) is 1.73. The molecule has 0 aliphatic carbocycles. The van der Waals surface area contributed by atoms with Crippen LogP contribution in [-0.2, 0) is 5.72 Å². The first-order valence-electron chi connectivity index (χ1n) is 6.09. The molecule has 0 spiro atoms. The van der Waals surface area contributed by atoms with Crippen LogP contribution >= 0.6 is 0 Å². The number of benzene rings is 2. The summed E-state index contributed by atoms with van der Waals surface area (Å²) in [5.74, 6) is 5.94. The average molecular weight is 253 g/mol. The fourth-order valence-electron chi connectivity index (χ4n) is 2.36. The minimum atomic E-state index is -1.38. The summed E-state index contributed by atoms with van der Waals surface area (Å²) in [4.78, 5) is 4.25. The normalized spacial score (nSPS) is 21.3.